The summed E-state index contributed by atoms with van der Waals surface area (Å²) in [5.74, 6) is -2.42. The Morgan fingerprint density at radius 2 is 1.62 bits per heavy atom. The van der Waals surface area contributed by atoms with E-state index in [1.54, 1.807) is 11.9 Å². The molecule has 0 radical (unpaired) electrons. The molecule has 0 N–H and O–H groups in total. The largest absolute Gasteiger partial charge is 0.301 e. The van der Waals surface area contributed by atoms with Gasteiger partial charge in [0.1, 0.15) is 0 Å². The number of hydrogen-bond acceptors (Lipinski definition) is 1. The van der Waals surface area contributed by atoms with Gasteiger partial charge >= 0.3 is 0 Å². The topological polar surface area (TPSA) is 3.24 Å². The highest BCUT2D eigenvalue weighted by Gasteiger charge is 2.63. The van der Waals surface area contributed by atoms with E-state index in [4.69, 9.17) is 0 Å². The predicted octanol–water partition coefficient (Wildman–Crippen LogP) is 2.76. The van der Waals surface area contributed by atoms with Crippen LogP contribution in [0.1, 0.15) is 33.1 Å². The van der Waals surface area contributed by atoms with E-state index in [1.807, 2.05) is 13.8 Å². The lowest BCUT2D eigenvalue weighted by atomic mass is 9.90. The maximum Gasteiger partial charge on any atom is 0.266 e. The number of likely N-dealkylation sites (tertiary alicyclic amines) is 1. The van der Waals surface area contributed by atoms with Gasteiger partial charge in [-0.1, -0.05) is 13.8 Å². The summed E-state index contributed by atoms with van der Waals surface area (Å²) in [7, 11) is 1.77. The molecule has 13 heavy (non-hydrogen) atoms. The zero-order valence-corrected chi connectivity index (χ0v) is 8.74. The Hall–Kier alpha value is -0.180. The average Bonchev–Trinajstić information content (AvgIpc) is 2.83. The number of rotatable bonds is 0. The fourth-order valence-electron chi connectivity index (χ4n) is 1.94. The summed E-state index contributed by atoms with van der Waals surface area (Å²) in [6, 6.07) is 0. The van der Waals surface area contributed by atoms with Crippen molar-refractivity contribution in [2.24, 2.45) is 5.41 Å². The van der Waals surface area contributed by atoms with Crippen LogP contribution in [0.25, 0.3) is 0 Å². The van der Waals surface area contributed by atoms with Crippen LogP contribution in [0.4, 0.5) is 8.78 Å². The summed E-state index contributed by atoms with van der Waals surface area (Å²) in [5.41, 5.74) is -0.570. The third-order valence-electron chi connectivity index (χ3n) is 3.07. The quantitative estimate of drug-likeness (QED) is 0.569. The molecular formula is C10H19F2N. The first-order valence-electron chi connectivity index (χ1n) is 5.12. The van der Waals surface area contributed by atoms with Crippen LogP contribution in [0, 0.1) is 5.41 Å². The number of nitrogens with zero attached hydrogens (tertiary/aromatic N) is 1. The SMILES string of the molecule is CC.CN1CCC2(CC2)C(F)(F)C1. The lowest BCUT2D eigenvalue weighted by molar-refractivity contribution is -0.119. The normalized spacial score (nSPS) is 29.3. The number of halogens is 2. The smallest absolute Gasteiger partial charge is 0.266 e. The van der Waals surface area contributed by atoms with E-state index in [9.17, 15) is 8.78 Å². The number of alkyl halides is 2. The molecule has 1 aliphatic carbocycles. The molecule has 0 atom stereocenters. The summed E-state index contributed by atoms with van der Waals surface area (Å²) >= 11 is 0. The van der Waals surface area contributed by atoms with Gasteiger partial charge in [-0.3, -0.25) is 0 Å². The fourth-order valence-corrected chi connectivity index (χ4v) is 1.94. The minimum atomic E-state index is -2.42. The highest BCUT2D eigenvalue weighted by molar-refractivity contribution is 5.07. The standard InChI is InChI=1S/C8H13F2N.C2H6/c1-11-5-4-7(2-3-7)8(9,10)6-11;1-2/h2-6H2,1H3;1-2H3. The zero-order chi connectivity index (χ0) is 10.1. The Balaban J connectivity index is 0.000000396. The molecule has 1 saturated carbocycles. The van der Waals surface area contributed by atoms with E-state index >= 15 is 0 Å². The van der Waals surface area contributed by atoms with E-state index < -0.39 is 11.3 Å². The second-order valence-corrected chi connectivity index (χ2v) is 3.97. The summed E-state index contributed by atoms with van der Waals surface area (Å²) < 4.78 is 26.5. The van der Waals surface area contributed by atoms with Crippen LogP contribution in [-0.4, -0.2) is 31.0 Å². The molecule has 2 fully saturated rings. The van der Waals surface area contributed by atoms with Gasteiger partial charge in [0.2, 0.25) is 0 Å². The third kappa shape index (κ3) is 1.85. The lowest BCUT2D eigenvalue weighted by Gasteiger charge is -2.36. The highest BCUT2D eigenvalue weighted by Crippen LogP contribution is 2.60. The molecule has 1 saturated heterocycles. The molecule has 0 bridgehead atoms. The van der Waals surface area contributed by atoms with Crippen molar-refractivity contribution in [2.75, 3.05) is 20.1 Å². The maximum absolute atomic E-state index is 13.3. The van der Waals surface area contributed by atoms with Crippen molar-refractivity contribution < 1.29 is 8.78 Å². The minimum Gasteiger partial charge on any atom is -0.301 e. The van der Waals surface area contributed by atoms with Crippen LogP contribution in [-0.2, 0) is 0 Å². The Morgan fingerprint density at radius 1 is 1.08 bits per heavy atom. The van der Waals surface area contributed by atoms with Crippen molar-refractivity contribution in [3.63, 3.8) is 0 Å². The fraction of sp³-hybridized carbons (Fsp3) is 1.00. The van der Waals surface area contributed by atoms with Gasteiger partial charge in [0, 0.05) is 5.41 Å². The molecule has 1 nitrogen and oxygen atoms in total. The van der Waals surface area contributed by atoms with Crippen molar-refractivity contribution >= 4 is 0 Å². The Kier molecular flexibility index (Phi) is 2.95. The van der Waals surface area contributed by atoms with E-state index in [0.717, 1.165) is 19.4 Å². The van der Waals surface area contributed by atoms with Gasteiger partial charge < -0.3 is 4.90 Å². The monoisotopic (exact) mass is 191 g/mol. The summed E-state index contributed by atoms with van der Waals surface area (Å²) in [5, 5.41) is 0. The van der Waals surface area contributed by atoms with Gasteiger partial charge in [-0.2, -0.15) is 0 Å². The Morgan fingerprint density at radius 3 is 2.00 bits per heavy atom. The molecule has 78 valence electrons. The second kappa shape index (κ2) is 3.52. The van der Waals surface area contributed by atoms with Gasteiger partial charge in [0.05, 0.1) is 6.54 Å². The molecule has 3 heteroatoms. The van der Waals surface area contributed by atoms with Crippen molar-refractivity contribution in [2.45, 2.75) is 39.0 Å². The minimum absolute atomic E-state index is 0.0347. The molecule has 0 aromatic heterocycles. The van der Waals surface area contributed by atoms with Gasteiger partial charge in [-0.15, -0.1) is 0 Å². The van der Waals surface area contributed by atoms with Crippen LogP contribution in [0.5, 0.6) is 0 Å². The Bertz CT molecular complexity index is 176. The molecule has 0 amide bonds. The first kappa shape index (κ1) is 10.9. The van der Waals surface area contributed by atoms with Crippen LogP contribution in [0.15, 0.2) is 0 Å². The van der Waals surface area contributed by atoms with Gasteiger partial charge in [0.25, 0.3) is 5.92 Å². The molecule has 1 heterocycles. The van der Waals surface area contributed by atoms with Crippen LogP contribution in [0.3, 0.4) is 0 Å². The predicted molar refractivity (Wildman–Crippen MR) is 50.1 cm³/mol. The number of piperidine rings is 1. The molecule has 0 aromatic rings. The zero-order valence-electron chi connectivity index (χ0n) is 8.74. The maximum atomic E-state index is 13.3. The van der Waals surface area contributed by atoms with Crippen molar-refractivity contribution in [1.29, 1.82) is 0 Å². The average molecular weight is 191 g/mol. The summed E-state index contributed by atoms with van der Waals surface area (Å²) in [4.78, 5) is 1.73. The lowest BCUT2D eigenvalue weighted by Crippen LogP contribution is -2.48. The van der Waals surface area contributed by atoms with Crippen molar-refractivity contribution in [3.8, 4) is 0 Å². The molecule has 1 spiro atoms. The summed E-state index contributed by atoms with van der Waals surface area (Å²) in [6.07, 6.45) is 2.18. The molecule has 0 unspecified atom stereocenters. The Labute approximate surface area is 79.1 Å². The van der Waals surface area contributed by atoms with Crippen LogP contribution < -0.4 is 0 Å². The second-order valence-electron chi connectivity index (χ2n) is 3.97. The van der Waals surface area contributed by atoms with E-state index in [0.29, 0.717) is 6.42 Å². The molecule has 2 aliphatic rings. The van der Waals surface area contributed by atoms with Gasteiger partial charge in [-0.05, 0) is 32.9 Å². The molecular weight excluding hydrogens is 172 g/mol. The van der Waals surface area contributed by atoms with Crippen LogP contribution in [0.2, 0.25) is 0 Å². The highest BCUT2D eigenvalue weighted by atomic mass is 19.3. The van der Waals surface area contributed by atoms with Crippen LogP contribution >= 0.6 is 0 Å². The molecule has 1 aliphatic heterocycles. The van der Waals surface area contributed by atoms with Crippen molar-refractivity contribution in [1.82, 2.24) is 4.90 Å². The van der Waals surface area contributed by atoms with Crippen molar-refractivity contribution in [3.05, 3.63) is 0 Å². The van der Waals surface area contributed by atoms with E-state index in [2.05, 4.69) is 0 Å². The number of hydrogen-bond donors (Lipinski definition) is 0. The summed E-state index contributed by atoms with van der Waals surface area (Å²) in [6.45, 7) is 4.81. The van der Waals surface area contributed by atoms with Gasteiger partial charge in [0.15, 0.2) is 0 Å². The van der Waals surface area contributed by atoms with E-state index in [1.165, 1.54) is 0 Å². The van der Waals surface area contributed by atoms with E-state index in [-0.39, 0.29) is 6.54 Å². The van der Waals surface area contributed by atoms with Gasteiger partial charge in [-0.25, -0.2) is 8.78 Å². The first-order chi connectivity index (χ1) is 6.06. The molecule has 0 aromatic carbocycles. The third-order valence-corrected chi connectivity index (χ3v) is 3.07. The first-order valence-corrected chi connectivity index (χ1v) is 5.12. The molecule has 2 rings (SSSR count).